The Balaban J connectivity index is 2.06. The molecule has 5 heteroatoms. The van der Waals surface area contributed by atoms with Gasteiger partial charge in [0.1, 0.15) is 6.04 Å². The molecule has 0 fully saturated rings. The van der Waals surface area contributed by atoms with Crippen LogP contribution in [0.1, 0.15) is 11.6 Å². The lowest BCUT2D eigenvalue weighted by Gasteiger charge is -2.10. The predicted molar refractivity (Wildman–Crippen MR) is 65.2 cm³/mol. The molecule has 1 aromatic heterocycles. The highest BCUT2D eigenvalue weighted by molar-refractivity contribution is 5.94. The first kappa shape index (κ1) is 11.3. The summed E-state index contributed by atoms with van der Waals surface area (Å²) in [6.45, 7) is 0. The normalized spacial score (nSPS) is 12.1. The van der Waals surface area contributed by atoms with Gasteiger partial charge in [0.2, 0.25) is 5.91 Å². The maximum absolute atomic E-state index is 11.8. The fraction of sp³-hybridized carbons (Fsp3) is 0.167. The minimum atomic E-state index is -0.682. The SMILES string of the molecule is Cn1ccc(NC(=O)C(N)c2ccccc2)n1. The van der Waals surface area contributed by atoms with Crippen LogP contribution in [-0.2, 0) is 11.8 Å². The van der Waals surface area contributed by atoms with Crippen molar-refractivity contribution in [3.05, 3.63) is 48.2 Å². The zero-order valence-corrected chi connectivity index (χ0v) is 9.50. The van der Waals surface area contributed by atoms with Crippen molar-refractivity contribution in [1.29, 1.82) is 0 Å². The third-order valence-corrected chi connectivity index (χ3v) is 2.41. The molecule has 0 aliphatic heterocycles. The Bertz CT molecular complexity index is 506. The highest BCUT2D eigenvalue weighted by Gasteiger charge is 2.16. The number of hydrogen-bond donors (Lipinski definition) is 2. The average molecular weight is 230 g/mol. The van der Waals surface area contributed by atoms with Crippen LogP contribution < -0.4 is 11.1 Å². The summed E-state index contributed by atoms with van der Waals surface area (Å²) in [6.07, 6.45) is 1.75. The molecule has 1 amide bonds. The van der Waals surface area contributed by atoms with Gasteiger partial charge in [0, 0.05) is 19.3 Å². The molecule has 1 heterocycles. The Morgan fingerprint density at radius 1 is 1.35 bits per heavy atom. The van der Waals surface area contributed by atoms with Crippen molar-refractivity contribution >= 4 is 11.7 Å². The Morgan fingerprint density at radius 2 is 2.06 bits per heavy atom. The van der Waals surface area contributed by atoms with Crippen molar-refractivity contribution < 1.29 is 4.79 Å². The largest absolute Gasteiger partial charge is 0.316 e. The Labute approximate surface area is 99.2 Å². The number of anilines is 1. The molecule has 0 aliphatic carbocycles. The second kappa shape index (κ2) is 4.80. The standard InChI is InChI=1S/C12H14N4O/c1-16-8-7-10(15-16)14-12(17)11(13)9-5-3-2-4-6-9/h2-8,11H,13H2,1H3,(H,14,15,17). The molecule has 2 rings (SSSR count). The maximum Gasteiger partial charge on any atom is 0.247 e. The Kier molecular flexibility index (Phi) is 3.20. The molecule has 3 N–H and O–H groups in total. The summed E-state index contributed by atoms with van der Waals surface area (Å²) in [5, 5.41) is 6.72. The first-order valence-corrected chi connectivity index (χ1v) is 5.28. The van der Waals surface area contributed by atoms with Crippen LogP contribution in [0.5, 0.6) is 0 Å². The van der Waals surface area contributed by atoms with Crippen molar-refractivity contribution in [2.45, 2.75) is 6.04 Å². The van der Waals surface area contributed by atoms with Crippen molar-refractivity contribution in [2.24, 2.45) is 12.8 Å². The van der Waals surface area contributed by atoms with Crippen molar-refractivity contribution in [3.63, 3.8) is 0 Å². The van der Waals surface area contributed by atoms with Crippen LogP contribution >= 0.6 is 0 Å². The molecule has 0 radical (unpaired) electrons. The lowest BCUT2D eigenvalue weighted by atomic mass is 10.1. The number of aryl methyl sites for hydroxylation is 1. The van der Waals surface area contributed by atoms with Gasteiger partial charge in [-0.25, -0.2) is 0 Å². The molecular weight excluding hydrogens is 216 g/mol. The first-order chi connectivity index (χ1) is 8.16. The van der Waals surface area contributed by atoms with Gasteiger partial charge < -0.3 is 11.1 Å². The topological polar surface area (TPSA) is 72.9 Å². The van der Waals surface area contributed by atoms with Crippen molar-refractivity contribution in [1.82, 2.24) is 9.78 Å². The van der Waals surface area contributed by atoms with Crippen LogP contribution in [0.3, 0.4) is 0 Å². The number of nitrogens with zero attached hydrogens (tertiary/aromatic N) is 2. The van der Waals surface area contributed by atoms with Crippen LogP contribution in [0.25, 0.3) is 0 Å². The number of amides is 1. The summed E-state index contributed by atoms with van der Waals surface area (Å²) in [4.78, 5) is 11.8. The summed E-state index contributed by atoms with van der Waals surface area (Å²) in [6, 6.07) is 10.3. The van der Waals surface area contributed by atoms with E-state index in [1.807, 2.05) is 30.3 Å². The predicted octanol–water partition coefficient (Wildman–Crippen LogP) is 1.06. The lowest BCUT2D eigenvalue weighted by Crippen LogP contribution is -2.27. The van der Waals surface area contributed by atoms with Gasteiger partial charge in [-0.1, -0.05) is 30.3 Å². The van der Waals surface area contributed by atoms with Crippen molar-refractivity contribution in [3.8, 4) is 0 Å². The molecule has 5 nitrogen and oxygen atoms in total. The number of nitrogens with two attached hydrogens (primary N) is 1. The van der Waals surface area contributed by atoms with E-state index < -0.39 is 6.04 Å². The lowest BCUT2D eigenvalue weighted by molar-refractivity contribution is -0.117. The Hall–Kier alpha value is -2.14. The first-order valence-electron chi connectivity index (χ1n) is 5.28. The highest BCUT2D eigenvalue weighted by Crippen LogP contribution is 2.12. The molecule has 17 heavy (non-hydrogen) atoms. The van der Waals surface area contributed by atoms with Crippen LogP contribution in [0.15, 0.2) is 42.6 Å². The zero-order chi connectivity index (χ0) is 12.3. The third kappa shape index (κ3) is 2.70. The van der Waals surface area contributed by atoms with Gasteiger partial charge in [0.05, 0.1) is 0 Å². The van der Waals surface area contributed by atoms with E-state index in [1.54, 1.807) is 24.0 Å². The fourth-order valence-corrected chi connectivity index (χ4v) is 1.50. The zero-order valence-electron chi connectivity index (χ0n) is 9.50. The fourth-order valence-electron chi connectivity index (χ4n) is 1.50. The third-order valence-electron chi connectivity index (χ3n) is 2.41. The number of carbonyl (C=O) groups excluding carboxylic acids is 1. The monoisotopic (exact) mass is 230 g/mol. The second-order valence-electron chi connectivity index (χ2n) is 3.75. The quantitative estimate of drug-likeness (QED) is 0.828. The minimum absolute atomic E-state index is 0.269. The van der Waals surface area contributed by atoms with Gasteiger partial charge in [-0.05, 0) is 5.56 Å². The van der Waals surface area contributed by atoms with E-state index in [4.69, 9.17) is 5.73 Å². The smallest absolute Gasteiger partial charge is 0.247 e. The van der Waals surface area contributed by atoms with Crippen LogP contribution in [0.2, 0.25) is 0 Å². The number of nitrogens with one attached hydrogen (secondary N) is 1. The maximum atomic E-state index is 11.8. The molecular formula is C12H14N4O. The number of hydrogen-bond acceptors (Lipinski definition) is 3. The van der Waals surface area contributed by atoms with Crippen LogP contribution in [-0.4, -0.2) is 15.7 Å². The summed E-state index contributed by atoms with van der Waals surface area (Å²) < 4.78 is 1.61. The van der Waals surface area contributed by atoms with E-state index >= 15 is 0 Å². The summed E-state index contributed by atoms with van der Waals surface area (Å²) in [5.41, 5.74) is 6.63. The Morgan fingerprint density at radius 3 is 2.65 bits per heavy atom. The van der Waals surface area contributed by atoms with Gasteiger partial charge in [-0.2, -0.15) is 5.10 Å². The van der Waals surface area contributed by atoms with E-state index in [-0.39, 0.29) is 5.91 Å². The van der Waals surface area contributed by atoms with E-state index in [0.717, 1.165) is 5.56 Å². The number of rotatable bonds is 3. The molecule has 88 valence electrons. The molecule has 0 bridgehead atoms. The summed E-state index contributed by atoms with van der Waals surface area (Å²) in [7, 11) is 1.78. The number of aromatic nitrogens is 2. The number of carbonyl (C=O) groups is 1. The van der Waals surface area contributed by atoms with E-state index in [1.165, 1.54) is 0 Å². The van der Waals surface area contributed by atoms with E-state index in [9.17, 15) is 4.79 Å². The van der Waals surface area contributed by atoms with Crippen LogP contribution in [0, 0.1) is 0 Å². The summed E-state index contributed by atoms with van der Waals surface area (Å²) >= 11 is 0. The summed E-state index contributed by atoms with van der Waals surface area (Å²) in [5.74, 6) is 0.235. The second-order valence-corrected chi connectivity index (χ2v) is 3.75. The average Bonchev–Trinajstić information content (AvgIpc) is 2.75. The molecule has 0 spiro atoms. The van der Waals surface area contributed by atoms with Gasteiger partial charge >= 0.3 is 0 Å². The van der Waals surface area contributed by atoms with Crippen molar-refractivity contribution in [2.75, 3.05) is 5.32 Å². The highest BCUT2D eigenvalue weighted by atomic mass is 16.2. The molecule has 0 saturated heterocycles. The van der Waals surface area contributed by atoms with Crippen LogP contribution in [0.4, 0.5) is 5.82 Å². The molecule has 2 aromatic rings. The molecule has 1 aromatic carbocycles. The molecule has 0 aliphatic rings. The van der Waals surface area contributed by atoms with E-state index in [0.29, 0.717) is 5.82 Å². The van der Waals surface area contributed by atoms with Gasteiger partial charge in [0.15, 0.2) is 5.82 Å². The molecule has 1 atom stereocenters. The molecule has 1 unspecified atom stereocenters. The van der Waals surface area contributed by atoms with Gasteiger partial charge in [0.25, 0.3) is 0 Å². The van der Waals surface area contributed by atoms with E-state index in [2.05, 4.69) is 10.4 Å². The van der Waals surface area contributed by atoms with Gasteiger partial charge in [-0.3, -0.25) is 9.48 Å². The molecule has 0 saturated carbocycles. The number of benzene rings is 1. The van der Waals surface area contributed by atoms with Gasteiger partial charge in [-0.15, -0.1) is 0 Å². The minimum Gasteiger partial charge on any atom is -0.316 e.